The third kappa shape index (κ3) is 1030. The van der Waals surface area contributed by atoms with Crippen LogP contribution in [0.1, 0.15) is 52.0 Å². The van der Waals surface area contributed by atoms with Gasteiger partial charge >= 0.3 is 29.6 Å². The molecule has 2 nitrogen and oxygen atoms in total. The van der Waals surface area contributed by atoms with Crippen molar-refractivity contribution < 1.29 is 34.7 Å². The van der Waals surface area contributed by atoms with Crippen LogP contribution in [0.25, 0.3) is 0 Å². The second-order valence-electron chi connectivity index (χ2n) is 0. The first kappa shape index (κ1) is 386. The fourth-order valence-electron chi connectivity index (χ4n) is 0. The van der Waals surface area contributed by atoms with Crippen molar-refractivity contribution in [3.63, 3.8) is 0 Å². The standard InChI is InChI=1S/CH3O.7CH4.H3N.Na/c1-2;;;;;;;;;/h1H3;7*1H4;1H3;/q-1;;;;;;;;;+1. The first-order chi connectivity index (χ1) is 1.00. The predicted molar refractivity (Wildman–Crippen MR) is 58.1 cm³/mol. The second kappa shape index (κ2) is 1270. The maximum atomic E-state index is 8.25. The molecule has 0 bridgehead atoms. The summed E-state index contributed by atoms with van der Waals surface area (Å²) < 4.78 is 0. The molecule has 0 saturated carbocycles. The van der Waals surface area contributed by atoms with E-state index in [1.54, 1.807) is 0 Å². The van der Waals surface area contributed by atoms with Gasteiger partial charge in [0, 0.05) is 0 Å². The molecule has 0 aromatic rings. The van der Waals surface area contributed by atoms with Crippen LogP contribution in [0, 0.1) is 0 Å². The van der Waals surface area contributed by atoms with E-state index in [1.165, 1.54) is 0 Å². The van der Waals surface area contributed by atoms with Crippen molar-refractivity contribution in [3.8, 4) is 0 Å². The maximum Gasteiger partial charge on any atom is 1.00 e. The zero-order chi connectivity index (χ0) is 2.00. The minimum Gasteiger partial charge on any atom is -0.857 e. The molecule has 0 amide bonds. The van der Waals surface area contributed by atoms with Gasteiger partial charge in [-0.05, 0) is 0 Å². The SMILES string of the molecule is C.C.C.C.C.C.C.C[O-].N.[Na+]. The number of hydrogen-bond donors (Lipinski definition) is 1. The van der Waals surface area contributed by atoms with E-state index in [0.29, 0.717) is 0 Å². The average Bonchev–Trinajstić information content (AvgIpc) is 1.00. The van der Waals surface area contributed by atoms with Crippen LogP contribution in [0.4, 0.5) is 0 Å². The monoisotopic (exact) mass is 183 g/mol. The summed E-state index contributed by atoms with van der Waals surface area (Å²) in [6.07, 6.45) is 0. The molecule has 0 fully saturated rings. The van der Waals surface area contributed by atoms with Gasteiger partial charge in [-0.3, -0.25) is 0 Å². The van der Waals surface area contributed by atoms with Gasteiger partial charge in [0.25, 0.3) is 0 Å². The Morgan fingerprint density at radius 2 is 0.545 bits per heavy atom. The number of rotatable bonds is 0. The molecule has 0 rings (SSSR count). The molecule has 0 aliphatic rings. The molecule has 0 aliphatic heterocycles. The van der Waals surface area contributed by atoms with Crippen molar-refractivity contribution >= 4 is 0 Å². The first-order valence-corrected chi connectivity index (χ1v) is 0.408. The number of hydrogen-bond acceptors (Lipinski definition) is 2. The van der Waals surface area contributed by atoms with Crippen molar-refractivity contribution in [2.24, 2.45) is 0 Å². The van der Waals surface area contributed by atoms with Gasteiger partial charge < -0.3 is 11.3 Å². The zero-order valence-electron chi connectivity index (χ0n) is 3.12. The molecule has 3 heteroatoms. The molecule has 0 radical (unpaired) electrons. The Balaban J connectivity index is -0.000000000139. The fraction of sp³-hybridized carbons (Fsp3) is 1.00. The van der Waals surface area contributed by atoms with E-state index in [-0.39, 0.29) is 87.7 Å². The van der Waals surface area contributed by atoms with Gasteiger partial charge in [-0.25, -0.2) is 0 Å². The molecule has 0 saturated heterocycles. The Labute approximate surface area is 99.7 Å². The molecule has 78 valence electrons. The van der Waals surface area contributed by atoms with Gasteiger partial charge in [-0.15, -0.1) is 0 Å². The second-order valence-corrected chi connectivity index (χ2v) is 0. The van der Waals surface area contributed by atoms with Crippen LogP contribution in [0.2, 0.25) is 0 Å². The van der Waals surface area contributed by atoms with E-state index in [4.69, 9.17) is 5.11 Å². The quantitative estimate of drug-likeness (QED) is 0.559. The van der Waals surface area contributed by atoms with E-state index in [9.17, 15) is 0 Å². The van der Waals surface area contributed by atoms with Crippen molar-refractivity contribution in [2.75, 3.05) is 7.11 Å². The minimum atomic E-state index is 0. The summed E-state index contributed by atoms with van der Waals surface area (Å²) in [6, 6.07) is 0. The smallest absolute Gasteiger partial charge is 0.857 e. The molecule has 0 heterocycles. The van der Waals surface area contributed by atoms with Crippen LogP contribution in [0.3, 0.4) is 0 Å². The minimum absolute atomic E-state index is 0. The summed E-state index contributed by atoms with van der Waals surface area (Å²) in [5.41, 5.74) is 0. The van der Waals surface area contributed by atoms with Crippen molar-refractivity contribution in [2.45, 2.75) is 52.0 Å². The third-order valence-corrected chi connectivity index (χ3v) is 0. The Morgan fingerprint density at radius 1 is 0.545 bits per heavy atom. The summed E-state index contributed by atoms with van der Waals surface area (Å²) in [6.45, 7) is 0. The van der Waals surface area contributed by atoms with E-state index in [0.717, 1.165) is 7.11 Å². The average molecular weight is 183 g/mol. The molecule has 0 spiro atoms. The van der Waals surface area contributed by atoms with Crippen LogP contribution < -0.4 is 40.8 Å². The Kier molecular flexibility index (Phi) is 44500. The molecule has 11 heavy (non-hydrogen) atoms. The Hall–Kier alpha value is 0.920. The predicted octanol–water partition coefficient (Wildman–Crippen LogP) is 0.595. The summed E-state index contributed by atoms with van der Waals surface area (Å²) in [7, 11) is 0.750. The molecule has 0 unspecified atom stereocenters. The van der Waals surface area contributed by atoms with Crippen LogP contribution >= 0.6 is 0 Å². The molecular weight excluding hydrogens is 149 g/mol. The van der Waals surface area contributed by atoms with Crippen LogP contribution in [-0.2, 0) is 0 Å². The first-order valence-electron chi connectivity index (χ1n) is 0.408. The molecule has 0 aromatic carbocycles. The van der Waals surface area contributed by atoms with Gasteiger partial charge in [0.15, 0.2) is 0 Å². The molecule has 3 N–H and O–H groups in total. The van der Waals surface area contributed by atoms with Crippen LogP contribution in [0.5, 0.6) is 0 Å². The maximum absolute atomic E-state index is 8.25. The molecule has 0 aromatic heterocycles. The van der Waals surface area contributed by atoms with Gasteiger partial charge in [0.2, 0.25) is 0 Å². The normalized spacial score (nSPS) is 0.545. The molecule has 0 aliphatic carbocycles. The molecular formula is C8H34NNaO. The van der Waals surface area contributed by atoms with Crippen LogP contribution in [0.15, 0.2) is 0 Å². The summed E-state index contributed by atoms with van der Waals surface area (Å²) in [4.78, 5) is 0. The van der Waals surface area contributed by atoms with E-state index in [1.807, 2.05) is 0 Å². The largest absolute Gasteiger partial charge is 1.00 e. The van der Waals surface area contributed by atoms with Gasteiger partial charge in [0.1, 0.15) is 0 Å². The van der Waals surface area contributed by atoms with E-state index >= 15 is 0 Å². The van der Waals surface area contributed by atoms with Crippen molar-refractivity contribution in [1.82, 2.24) is 6.15 Å². The van der Waals surface area contributed by atoms with Crippen molar-refractivity contribution in [3.05, 3.63) is 0 Å². The Bertz CT molecular complexity index is 14.1. The summed E-state index contributed by atoms with van der Waals surface area (Å²) >= 11 is 0. The fourth-order valence-corrected chi connectivity index (χ4v) is 0. The van der Waals surface area contributed by atoms with E-state index in [2.05, 4.69) is 0 Å². The topological polar surface area (TPSA) is 58.1 Å². The van der Waals surface area contributed by atoms with Gasteiger partial charge in [-0.1, -0.05) is 52.0 Å². The van der Waals surface area contributed by atoms with Crippen LogP contribution in [-0.4, -0.2) is 7.11 Å². The zero-order valence-corrected chi connectivity index (χ0v) is 5.12. The summed E-state index contributed by atoms with van der Waals surface area (Å²) in [5.74, 6) is 0. The summed E-state index contributed by atoms with van der Waals surface area (Å²) in [5, 5.41) is 8.25. The third-order valence-electron chi connectivity index (χ3n) is 0. The van der Waals surface area contributed by atoms with Crippen molar-refractivity contribution in [1.29, 1.82) is 0 Å². The Morgan fingerprint density at radius 3 is 0.545 bits per heavy atom. The van der Waals surface area contributed by atoms with Gasteiger partial charge in [-0.2, -0.15) is 7.11 Å². The van der Waals surface area contributed by atoms with Gasteiger partial charge in [0.05, 0.1) is 0 Å². The molecule has 0 atom stereocenters. The van der Waals surface area contributed by atoms with E-state index < -0.39 is 0 Å².